The predicted molar refractivity (Wildman–Crippen MR) is 81.4 cm³/mol. The van der Waals surface area contributed by atoms with Gasteiger partial charge in [-0.2, -0.15) is 0 Å². The van der Waals surface area contributed by atoms with Gasteiger partial charge < -0.3 is 5.32 Å². The Balaban J connectivity index is 2.17. The van der Waals surface area contributed by atoms with Crippen molar-refractivity contribution in [2.24, 2.45) is 0 Å². The van der Waals surface area contributed by atoms with Crippen LogP contribution in [0.25, 0.3) is 0 Å². The molecule has 0 heterocycles. The van der Waals surface area contributed by atoms with Crippen LogP contribution in [0.1, 0.15) is 28.9 Å². The highest BCUT2D eigenvalue weighted by atomic mass is 79.9. The van der Waals surface area contributed by atoms with Gasteiger partial charge >= 0.3 is 0 Å². The maximum absolute atomic E-state index is 13.8. The summed E-state index contributed by atoms with van der Waals surface area (Å²) in [6.07, 6.45) is 0. The summed E-state index contributed by atoms with van der Waals surface area (Å²) in [5.41, 5.74) is 0.870. The number of amides is 1. The number of rotatable bonds is 3. The van der Waals surface area contributed by atoms with Crippen molar-refractivity contribution in [1.29, 1.82) is 0 Å². The first-order valence-corrected chi connectivity index (χ1v) is 7.16. The highest BCUT2D eigenvalue weighted by Gasteiger charge is 2.16. The second kappa shape index (κ2) is 6.37. The minimum atomic E-state index is -0.701. The summed E-state index contributed by atoms with van der Waals surface area (Å²) in [6, 6.07) is 11.7. The summed E-state index contributed by atoms with van der Waals surface area (Å²) in [5.74, 6) is -1.19. The summed E-state index contributed by atoms with van der Waals surface area (Å²) < 4.78 is 14.7. The van der Waals surface area contributed by atoms with E-state index < -0.39 is 11.7 Å². The van der Waals surface area contributed by atoms with Gasteiger partial charge in [-0.15, -0.1) is 0 Å². The van der Waals surface area contributed by atoms with E-state index in [1.54, 1.807) is 6.07 Å². The van der Waals surface area contributed by atoms with E-state index in [1.165, 1.54) is 12.1 Å². The van der Waals surface area contributed by atoms with Crippen LogP contribution >= 0.6 is 27.5 Å². The van der Waals surface area contributed by atoms with E-state index in [0.717, 1.165) is 10.0 Å². The molecule has 20 heavy (non-hydrogen) atoms. The van der Waals surface area contributed by atoms with Crippen LogP contribution in [0.3, 0.4) is 0 Å². The zero-order chi connectivity index (χ0) is 14.7. The lowest BCUT2D eigenvalue weighted by Gasteiger charge is -2.15. The summed E-state index contributed by atoms with van der Waals surface area (Å²) in [6.45, 7) is 1.84. The smallest absolute Gasteiger partial charge is 0.254 e. The highest BCUT2D eigenvalue weighted by Crippen LogP contribution is 2.21. The molecule has 1 amide bonds. The molecule has 1 unspecified atom stereocenters. The van der Waals surface area contributed by atoms with Crippen LogP contribution in [-0.4, -0.2) is 5.91 Å². The van der Waals surface area contributed by atoms with Crippen LogP contribution < -0.4 is 5.32 Å². The van der Waals surface area contributed by atoms with E-state index in [4.69, 9.17) is 11.6 Å². The summed E-state index contributed by atoms with van der Waals surface area (Å²) >= 11 is 9.04. The maximum atomic E-state index is 13.8. The monoisotopic (exact) mass is 355 g/mol. The molecule has 0 saturated carbocycles. The first-order chi connectivity index (χ1) is 9.49. The number of hydrogen-bond acceptors (Lipinski definition) is 1. The largest absolute Gasteiger partial charge is 0.345 e. The first-order valence-electron chi connectivity index (χ1n) is 5.99. The third-order valence-electron chi connectivity index (χ3n) is 2.89. The van der Waals surface area contributed by atoms with E-state index in [2.05, 4.69) is 21.2 Å². The number of hydrogen-bond donors (Lipinski definition) is 1. The second-order valence-corrected chi connectivity index (χ2v) is 5.67. The van der Waals surface area contributed by atoms with Crippen LogP contribution in [0, 0.1) is 5.82 Å². The third-order valence-corrected chi connectivity index (χ3v) is 3.68. The van der Waals surface area contributed by atoms with Crippen molar-refractivity contribution in [2.75, 3.05) is 0 Å². The van der Waals surface area contributed by atoms with Crippen molar-refractivity contribution in [3.8, 4) is 0 Å². The Morgan fingerprint density at radius 2 is 2.00 bits per heavy atom. The molecule has 5 heteroatoms. The van der Waals surface area contributed by atoms with Gasteiger partial charge in [0.1, 0.15) is 0 Å². The van der Waals surface area contributed by atoms with Gasteiger partial charge in [0.25, 0.3) is 5.91 Å². The number of carbonyl (C=O) groups is 1. The molecule has 0 aliphatic rings. The molecule has 1 atom stereocenters. The van der Waals surface area contributed by atoms with Crippen LogP contribution in [-0.2, 0) is 0 Å². The van der Waals surface area contributed by atoms with E-state index in [9.17, 15) is 9.18 Å². The fourth-order valence-corrected chi connectivity index (χ4v) is 2.40. The van der Waals surface area contributed by atoms with Crippen molar-refractivity contribution in [3.05, 3.63) is 68.9 Å². The lowest BCUT2D eigenvalue weighted by molar-refractivity contribution is 0.0936. The first kappa shape index (κ1) is 15.0. The molecule has 0 aliphatic carbocycles. The molecule has 0 saturated heterocycles. The Labute approximate surface area is 130 Å². The van der Waals surface area contributed by atoms with Gasteiger partial charge in [0.2, 0.25) is 0 Å². The van der Waals surface area contributed by atoms with Gasteiger partial charge in [-0.3, -0.25) is 4.79 Å². The van der Waals surface area contributed by atoms with Gasteiger partial charge in [-0.05, 0) is 36.8 Å². The number of nitrogens with one attached hydrogen (secondary N) is 1. The van der Waals surface area contributed by atoms with Gasteiger partial charge in [-0.25, -0.2) is 4.39 Å². The van der Waals surface area contributed by atoms with E-state index >= 15 is 0 Å². The number of halogens is 3. The molecule has 0 fully saturated rings. The second-order valence-electron chi connectivity index (χ2n) is 4.35. The maximum Gasteiger partial charge on any atom is 0.254 e. The Hall–Kier alpha value is -1.39. The number of benzene rings is 2. The van der Waals surface area contributed by atoms with Crippen LogP contribution in [0.5, 0.6) is 0 Å². The van der Waals surface area contributed by atoms with Crippen LogP contribution in [0.2, 0.25) is 5.02 Å². The fourth-order valence-electron chi connectivity index (χ4n) is 1.81. The molecule has 2 rings (SSSR count). The summed E-state index contributed by atoms with van der Waals surface area (Å²) in [7, 11) is 0. The lowest BCUT2D eigenvalue weighted by Crippen LogP contribution is -2.27. The lowest BCUT2D eigenvalue weighted by atomic mass is 10.1. The normalized spacial score (nSPS) is 12.0. The Kier molecular flexibility index (Phi) is 4.78. The zero-order valence-corrected chi connectivity index (χ0v) is 13.0. The molecular weight excluding hydrogens is 345 g/mol. The van der Waals surface area contributed by atoms with Crippen molar-refractivity contribution < 1.29 is 9.18 Å². The van der Waals surface area contributed by atoms with E-state index in [0.29, 0.717) is 0 Å². The minimum absolute atomic E-state index is 0.0562. The molecule has 1 N–H and O–H groups in total. The van der Waals surface area contributed by atoms with Gasteiger partial charge in [0.15, 0.2) is 5.82 Å². The predicted octanol–water partition coefficient (Wildman–Crippen LogP) is 4.73. The molecule has 104 valence electrons. The van der Waals surface area contributed by atoms with Crippen molar-refractivity contribution >= 4 is 33.4 Å². The van der Waals surface area contributed by atoms with Crippen molar-refractivity contribution in [2.45, 2.75) is 13.0 Å². The highest BCUT2D eigenvalue weighted by molar-refractivity contribution is 9.10. The number of carbonyl (C=O) groups excluding carboxylic acids is 1. The van der Waals surface area contributed by atoms with Crippen molar-refractivity contribution in [3.63, 3.8) is 0 Å². The van der Waals surface area contributed by atoms with Gasteiger partial charge in [-0.1, -0.05) is 45.7 Å². The standard InChI is InChI=1S/C15H12BrClFNO/c1-9(10-4-2-5-11(16)8-10)19-15(20)12-6-3-7-13(17)14(12)18/h2-9H,1H3,(H,19,20). The molecule has 0 aromatic heterocycles. The Morgan fingerprint density at radius 1 is 1.30 bits per heavy atom. The quantitative estimate of drug-likeness (QED) is 0.846. The average Bonchev–Trinajstić information content (AvgIpc) is 2.41. The summed E-state index contributed by atoms with van der Waals surface area (Å²) in [4.78, 5) is 12.1. The topological polar surface area (TPSA) is 29.1 Å². The average molecular weight is 357 g/mol. The molecule has 2 aromatic rings. The molecular formula is C15H12BrClFNO. The van der Waals surface area contributed by atoms with Gasteiger partial charge in [0.05, 0.1) is 16.6 Å². The molecule has 0 bridgehead atoms. The Bertz CT molecular complexity index is 648. The zero-order valence-electron chi connectivity index (χ0n) is 10.7. The Morgan fingerprint density at radius 3 is 2.70 bits per heavy atom. The van der Waals surface area contributed by atoms with E-state index in [1.807, 2.05) is 31.2 Å². The third kappa shape index (κ3) is 3.38. The van der Waals surface area contributed by atoms with Crippen molar-refractivity contribution in [1.82, 2.24) is 5.32 Å². The summed E-state index contributed by atoms with van der Waals surface area (Å²) in [5, 5.41) is 2.69. The van der Waals surface area contributed by atoms with E-state index in [-0.39, 0.29) is 16.6 Å². The molecule has 0 aliphatic heterocycles. The molecule has 0 radical (unpaired) electrons. The minimum Gasteiger partial charge on any atom is -0.345 e. The van der Waals surface area contributed by atoms with Crippen LogP contribution in [0.4, 0.5) is 4.39 Å². The molecule has 2 nitrogen and oxygen atoms in total. The fraction of sp³-hybridized carbons (Fsp3) is 0.133. The van der Waals surface area contributed by atoms with Crippen LogP contribution in [0.15, 0.2) is 46.9 Å². The molecule has 2 aromatic carbocycles. The SMILES string of the molecule is CC(NC(=O)c1cccc(Cl)c1F)c1cccc(Br)c1. The molecule has 0 spiro atoms. The van der Waals surface area contributed by atoms with Gasteiger partial charge in [0, 0.05) is 4.47 Å².